The van der Waals surface area contributed by atoms with Crippen LogP contribution in [0.2, 0.25) is 0 Å². The van der Waals surface area contributed by atoms with Gasteiger partial charge in [-0.25, -0.2) is 0 Å². The van der Waals surface area contributed by atoms with Gasteiger partial charge in [0.1, 0.15) is 0 Å². The third-order valence-corrected chi connectivity index (χ3v) is 19.4. The monoisotopic (exact) mass is 1110 g/mol. The van der Waals surface area contributed by atoms with Gasteiger partial charge < -0.3 is 9.47 Å². The summed E-state index contributed by atoms with van der Waals surface area (Å²) in [6.45, 7) is 7.02. The topological polar surface area (TPSA) is 8.17 Å². The number of rotatable bonds is 8. The van der Waals surface area contributed by atoms with Gasteiger partial charge in [-0.05, 0) is 167 Å². The first-order valence-electron chi connectivity index (χ1n) is 30.0. The van der Waals surface area contributed by atoms with E-state index in [9.17, 15) is 0 Å². The molecule has 17 rings (SSSR count). The van der Waals surface area contributed by atoms with Gasteiger partial charge in [0, 0.05) is 64.7 Å². The second-order valence-electron chi connectivity index (χ2n) is 24.4. The van der Waals surface area contributed by atoms with Crippen LogP contribution in [0.25, 0.3) is 126 Å². The standard InChI is InChI=1S/C82H57BN2S/c1-82(2,3)64-48-75-79-76(49-64)85(80-66(55-29-15-7-16-30-55)44-62(54-27-13-6-14-28-54)45-67(80)56-31-17-8-18-32-56)74-50-69-65-37-19-20-38-77(65)86-78(69)51-71(74)83(79)72-47-63(60-36-22-34-58(42-60)53-25-11-5-12-26-53)46-70-68-43-61(39-40-73(68)84(75)81(70)72)59-35-21-33-57(41-59)52-23-9-4-10-24-52/h4-51H,1-3H3. The summed E-state index contributed by atoms with van der Waals surface area (Å²) in [7, 11) is 0. The molecule has 0 spiro atoms. The zero-order valence-corrected chi connectivity index (χ0v) is 48.9. The van der Waals surface area contributed by atoms with Crippen molar-refractivity contribution in [3.8, 4) is 83.6 Å². The van der Waals surface area contributed by atoms with Crippen molar-refractivity contribution in [2.45, 2.75) is 26.2 Å². The Labute approximate surface area is 506 Å². The normalized spacial score (nSPS) is 12.5. The maximum absolute atomic E-state index is 2.71. The van der Waals surface area contributed by atoms with Crippen molar-refractivity contribution >= 4 is 93.5 Å². The minimum atomic E-state index is -0.213. The number of thiophene rings is 1. The van der Waals surface area contributed by atoms with E-state index in [0.717, 1.165) is 5.69 Å². The van der Waals surface area contributed by atoms with E-state index in [1.54, 1.807) is 0 Å². The Balaban J connectivity index is 1.02. The Hall–Kier alpha value is -10.3. The van der Waals surface area contributed by atoms with Crippen LogP contribution in [-0.2, 0) is 5.41 Å². The summed E-state index contributed by atoms with van der Waals surface area (Å²) in [5.41, 5.74) is 29.0. The molecule has 0 saturated heterocycles. The first kappa shape index (κ1) is 50.3. The summed E-state index contributed by atoms with van der Waals surface area (Å²) in [6, 6.07) is 110. The van der Waals surface area contributed by atoms with E-state index < -0.39 is 0 Å². The van der Waals surface area contributed by atoms with Crippen molar-refractivity contribution in [3.05, 3.63) is 297 Å². The Bertz CT molecular complexity index is 5130. The first-order chi connectivity index (χ1) is 42.3. The van der Waals surface area contributed by atoms with Crippen LogP contribution < -0.4 is 21.3 Å². The zero-order valence-electron chi connectivity index (χ0n) is 48.1. The molecular weight excluding hydrogens is 1060 g/mol. The van der Waals surface area contributed by atoms with Crippen LogP contribution in [0, 0.1) is 0 Å². The van der Waals surface area contributed by atoms with Crippen molar-refractivity contribution in [3.63, 3.8) is 0 Å². The Kier molecular flexibility index (Phi) is 11.5. The van der Waals surface area contributed by atoms with Crippen LogP contribution in [0.5, 0.6) is 0 Å². The maximum Gasteiger partial charge on any atom is 0.252 e. The van der Waals surface area contributed by atoms with E-state index in [1.807, 2.05) is 11.3 Å². The van der Waals surface area contributed by atoms with E-state index in [4.69, 9.17) is 0 Å². The molecule has 0 fully saturated rings. The minimum Gasteiger partial charge on any atom is -0.310 e. The highest BCUT2D eigenvalue weighted by Gasteiger charge is 2.45. The van der Waals surface area contributed by atoms with Gasteiger partial charge >= 0.3 is 0 Å². The van der Waals surface area contributed by atoms with Gasteiger partial charge in [0.15, 0.2) is 0 Å². The molecule has 0 aliphatic carbocycles. The van der Waals surface area contributed by atoms with Gasteiger partial charge in [-0.3, -0.25) is 0 Å². The zero-order chi connectivity index (χ0) is 57.2. The lowest BCUT2D eigenvalue weighted by Gasteiger charge is -2.43. The van der Waals surface area contributed by atoms with Gasteiger partial charge in [-0.2, -0.15) is 0 Å². The van der Waals surface area contributed by atoms with Crippen LogP contribution in [0.4, 0.5) is 17.1 Å². The second kappa shape index (κ2) is 19.7. The predicted molar refractivity (Wildman–Crippen MR) is 370 cm³/mol. The SMILES string of the molecule is CC(C)(C)c1cc2c3c(c1)-n1c4ccc(-c5cccc(-c6ccccc6)c5)cc4c4cc(-c5cccc(-c6ccccc6)c5)cc(c41)B3c1cc3sc4ccccc4c3cc1N2c1c(-c2ccccc2)cc(-c2ccccc2)cc1-c1ccccc1. The van der Waals surface area contributed by atoms with Gasteiger partial charge in [-0.15, -0.1) is 11.3 Å². The summed E-state index contributed by atoms with van der Waals surface area (Å²) < 4.78 is 5.25. The fourth-order valence-electron chi connectivity index (χ4n) is 14.1. The van der Waals surface area contributed by atoms with Crippen LogP contribution in [0.1, 0.15) is 26.3 Å². The largest absolute Gasteiger partial charge is 0.310 e. The summed E-state index contributed by atoms with van der Waals surface area (Å²) in [5.74, 6) is 0. The first-order valence-corrected chi connectivity index (χ1v) is 30.8. The summed E-state index contributed by atoms with van der Waals surface area (Å²) in [4.78, 5) is 2.71. The Morgan fingerprint density at radius 1 is 0.314 bits per heavy atom. The van der Waals surface area contributed by atoms with Crippen molar-refractivity contribution in [1.29, 1.82) is 0 Å². The van der Waals surface area contributed by atoms with Gasteiger partial charge in [0.2, 0.25) is 0 Å². The molecular formula is C82H57BN2S. The number of nitrogens with zero attached hydrogens (tertiary/aromatic N) is 2. The summed E-state index contributed by atoms with van der Waals surface area (Å²) in [5, 5.41) is 5.06. The highest BCUT2D eigenvalue weighted by molar-refractivity contribution is 7.26. The predicted octanol–water partition coefficient (Wildman–Crippen LogP) is 20.7. The lowest BCUT2D eigenvalue weighted by atomic mass is 9.33. The van der Waals surface area contributed by atoms with Crippen molar-refractivity contribution in [2.75, 3.05) is 4.90 Å². The third kappa shape index (κ3) is 8.08. The Morgan fingerprint density at radius 2 is 0.791 bits per heavy atom. The fraction of sp³-hybridized carbons (Fsp3) is 0.0488. The molecule has 4 heteroatoms. The van der Waals surface area contributed by atoms with E-state index in [1.165, 1.54) is 159 Å². The average molecular weight is 1110 g/mol. The number of aromatic nitrogens is 1. The van der Waals surface area contributed by atoms with Gasteiger partial charge in [0.25, 0.3) is 6.71 Å². The fourth-order valence-corrected chi connectivity index (χ4v) is 15.3. The highest BCUT2D eigenvalue weighted by atomic mass is 32.1. The highest BCUT2D eigenvalue weighted by Crippen LogP contribution is 2.53. The van der Waals surface area contributed by atoms with Crippen LogP contribution >= 0.6 is 11.3 Å². The molecule has 0 saturated carbocycles. The molecule has 0 N–H and O–H groups in total. The van der Waals surface area contributed by atoms with Gasteiger partial charge in [0.05, 0.1) is 11.2 Å². The number of hydrogen-bond donors (Lipinski definition) is 0. The number of benzene rings is 13. The summed E-state index contributed by atoms with van der Waals surface area (Å²) in [6.07, 6.45) is 0. The molecule has 0 unspecified atom stereocenters. The van der Waals surface area contributed by atoms with Gasteiger partial charge in [-0.1, -0.05) is 239 Å². The molecule has 0 bridgehead atoms. The van der Waals surface area contributed by atoms with E-state index in [-0.39, 0.29) is 12.1 Å². The molecule has 2 aliphatic heterocycles. The van der Waals surface area contributed by atoms with E-state index in [2.05, 4.69) is 321 Å². The van der Waals surface area contributed by atoms with E-state index in [0.29, 0.717) is 0 Å². The molecule has 2 aromatic heterocycles. The number of anilines is 3. The molecule has 0 radical (unpaired) electrons. The quantitative estimate of drug-likeness (QED) is 0.138. The van der Waals surface area contributed by atoms with E-state index >= 15 is 0 Å². The molecule has 0 atom stereocenters. The molecule has 4 heterocycles. The van der Waals surface area contributed by atoms with Crippen molar-refractivity contribution in [1.82, 2.24) is 4.57 Å². The molecule has 2 nitrogen and oxygen atoms in total. The molecule has 2 aliphatic rings. The second-order valence-corrected chi connectivity index (χ2v) is 25.5. The molecule has 15 aromatic rings. The van der Waals surface area contributed by atoms with Crippen molar-refractivity contribution < 1.29 is 0 Å². The average Bonchev–Trinajstić information content (AvgIpc) is 1.32. The smallest absolute Gasteiger partial charge is 0.252 e. The molecule has 0 amide bonds. The maximum atomic E-state index is 2.71. The minimum absolute atomic E-state index is 0.127. The number of hydrogen-bond acceptors (Lipinski definition) is 2. The lowest BCUT2D eigenvalue weighted by molar-refractivity contribution is 0.590. The molecule has 404 valence electrons. The molecule has 13 aromatic carbocycles. The summed E-state index contributed by atoms with van der Waals surface area (Å²) >= 11 is 1.91. The Morgan fingerprint density at radius 3 is 1.38 bits per heavy atom. The number of fused-ring (bicyclic) bond motifs is 10. The van der Waals surface area contributed by atoms with Crippen LogP contribution in [-0.4, -0.2) is 11.3 Å². The van der Waals surface area contributed by atoms with Crippen molar-refractivity contribution in [2.24, 2.45) is 0 Å². The third-order valence-electron chi connectivity index (χ3n) is 18.3. The van der Waals surface area contributed by atoms with Crippen LogP contribution in [0.3, 0.4) is 0 Å². The lowest BCUT2D eigenvalue weighted by Crippen LogP contribution is -2.60. The molecule has 86 heavy (non-hydrogen) atoms. The van der Waals surface area contributed by atoms with Crippen LogP contribution in [0.15, 0.2) is 291 Å².